The first-order chi connectivity index (χ1) is 14.3. The van der Waals surface area contributed by atoms with Crippen molar-refractivity contribution in [3.05, 3.63) is 47.0 Å². The Kier molecular flexibility index (Phi) is 5.29. The van der Waals surface area contributed by atoms with Gasteiger partial charge in [-0.3, -0.25) is 9.69 Å². The van der Waals surface area contributed by atoms with Crippen LogP contribution >= 0.6 is 0 Å². The number of amides is 1. The molecule has 3 rings (SSSR count). The molecule has 166 valence electrons. The number of rotatable bonds is 4. The van der Waals surface area contributed by atoms with Crippen molar-refractivity contribution in [2.75, 3.05) is 12.0 Å². The van der Waals surface area contributed by atoms with Gasteiger partial charge in [-0.25, -0.2) is 31.1 Å². The molecule has 1 unspecified atom stereocenters. The summed E-state index contributed by atoms with van der Waals surface area (Å²) in [6.07, 6.45) is -7.15. The number of carbonyl (C=O) groups excluding carboxylic acids is 1. The number of alkyl halides is 2. The molecule has 0 bridgehead atoms. The number of aliphatic carboxylic acids is 1. The lowest BCUT2D eigenvalue weighted by Gasteiger charge is -2.36. The summed E-state index contributed by atoms with van der Waals surface area (Å²) in [4.78, 5) is 23.1. The minimum atomic E-state index is -4.70. The summed E-state index contributed by atoms with van der Waals surface area (Å²) in [6, 6.07) is 0.273. The maximum absolute atomic E-state index is 14.5. The lowest BCUT2D eigenvalue weighted by atomic mass is 10.0. The van der Waals surface area contributed by atoms with E-state index in [-0.39, 0.29) is 17.0 Å². The quantitative estimate of drug-likeness (QED) is 0.432. The fourth-order valence-electron chi connectivity index (χ4n) is 2.83. The monoisotopic (exact) mass is 457 g/mol. The van der Waals surface area contributed by atoms with E-state index >= 15 is 0 Å². The van der Waals surface area contributed by atoms with E-state index in [1.165, 1.54) is 0 Å². The zero-order valence-corrected chi connectivity index (χ0v) is 14.8. The molecule has 1 heterocycles. The van der Waals surface area contributed by atoms with Crippen molar-refractivity contribution in [1.82, 2.24) is 0 Å². The Bertz CT molecular complexity index is 1090. The maximum atomic E-state index is 14.5. The van der Waals surface area contributed by atoms with Crippen molar-refractivity contribution >= 4 is 17.6 Å². The highest BCUT2D eigenvalue weighted by Crippen LogP contribution is 2.45. The van der Waals surface area contributed by atoms with Crippen LogP contribution in [0.25, 0.3) is 11.1 Å². The van der Waals surface area contributed by atoms with Gasteiger partial charge in [-0.2, -0.15) is 8.78 Å². The Balaban J connectivity index is 2.35. The lowest BCUT2D eigenvalue weighted by Crippen LogP contribution is -2.57. The number of fused-ring (bicyclic) bond motifs is 1. The van der Waals surface area contributed by atoms with E-state index in [2.05, 4.69) is 9.47 Å². The Morgan fingerprint density at radius 3 is 2.03 bits per heavy atom. The number of hydrogen-bond acceptors (Lipinski definition) is 4. The molecule has 2 aromatic carbocycles. The SMILES string of the molecule is COC(C(=O)O)N1C(=O)C(F)(F)Oc2cc(F)c(-c3c(F)c(F)c(F)c(F)c3F)cc21. The number of hydrogen-bond donors (Lipinski definition) is 1. The minimum absolute atomic E-state index is 0.0602. The maximum Gasteiger partial charge on any atom is 0.483 e. The molecule has 1 amide bonds. The predicted octanol–water partition coefficient (Wildman–Crippen LogP) is 3.56. The largest absolute Gasteiger partial charge is 0.483 e. The van der Waals surface area contributed by atoms with Crippen LogP contribution in [0.3, 0.4) is 0 Å². The molecule has 14 heteroatoms. The van der Waals surface area contributed by atoms with Gasteiger partial charge in [-0.15, -0.1) is 0 Å². The summed E-state index contributed by atoms with van der Waals surface area (Å²) in [5, 5.41) is 9.13. The Morgan fingerprint density at radius 1 is 1.03 bits per heavy atom. The van der Waals surface area contributed by atoms with Crippen LogP contribution in [0.5, 0.6) is 5.75 Å². The summed E-state index contributed by atoms with van der Waals surface area (Å²) in [7, 11) is 0.702. The van der Waals surface area contributed by atoms with Crippen molar-refractivity contribution < 1.29 is 59.3 Å². The van der Waals surface area contributed by atoms with E-state index in [1.807, 2.05) is 0 Å². The Labute approximate surface area is 166 Å². The average molecular weight is 457 g/mol. The number of methoxy groups -OCH3 is 1. The van der Waals surface area contributed by atoms with Gasteiger partial charge in [0.1, 0.15) is 5.82 Å². The highest BCUT2D eigenvalue weighted by molar-refractivity contribution is 6.05. The normalized spacial score (nSPS) is 16.0. The van der Waals surface area contributed by atoms with Gasteiger partial charge >= 0.3 is 18.0 Å². The number of carboxylic acid groups (broad SMARTS) is 1. The van der Waals surface area contributed by atoms with Gasteiger partial charge < -0.3 is 14.6 Å². The van der Waals surface area contributed by atoms with Crippen LogP contribution < -0.4 is 9.64 Å². The van der Waals surface area contributed by atoms with Crippen LogP contribution in [0.15, 0.2) is 12.1 Å². The highest BCUT2D eigenvalue weighted by Gasteiger charge is 2.54. The number of carboxylic acids is 1. The molecule has 31 heavy (non-hydrogen) atoms. The van der Waals surface area contributed by atoms with E-state index < -0.39 is 81.7 Å². The standard InChI is InChI=1S/C17H7F8NO5/c1-30-14(15(27)28)26-6-2-4(5(18)3-7(6)31-17(24,25)16(26)29)8-9(19)11(21)13(23)12(22)10(8)20/h2-3,14H,1H3,(H,27,28). The molecule has 6 nitrogen and oxygen atoms in total. The number of benzene rings is 2. The Hall–Kier alpha value is -3.42. The van der Waals surface area contributed by atoms with Gasteiger partial charge in [0.15, 0.2) is 29.0 Å². The molecule has 1 atom stereocenters. The fourth-order valence-corrected chi connectivity index (χ4v) is 2.83. The molecular weight excluding hydrogens is 450 g/mol. The van der Waals surface area contributed by atoms with Gasteiger partial charge in [0.2, 0.25) is 12.0 Å². The second kappa shape index (κ2) is 7.37. The molecule has 1 aliphatic rings. The van der Waals surface area contributed by atoms with E-state index in [1.54, 1.807) is 0 Å². The minimum Gasteiger partial charge on any atom is -0.478 e. The molecule has 0 aromatic heterocycles. The first-order valence-electron chi connectivity index (χ1n) is 7.84. The van der Waals surface area contributed by atoms with Crippen LogP contribution in [0.4, 0.5) is 40.8 Å². The van der Waals surface area contributed by atoms with Crippen LogP contribution in [-0.2, 0) is 14.3 Å². The van der Waals surface area contributed by atoms with Crippen LogP contribution in [0.2, 0.25) is 0 Å². The molecule has 0 radical (unpaired) electrons. The zero-order valence-electron chi connectivity index (χ0n) is 14.8. The molecule has 0 aliphatic carbocycles. The predicted molar refractivity (Wildman–Crippen MR) is 83.1 cm³/mol. The molecule has 1 N–H and O–H groups in total. The first kappa shape index (κ1) is 22.3. The fraction of sp³-hybridized carbons (Fsp3) is 0.176. The zero-order chi connectivity index (χ0) is 23.4. The van der Waals surface area contributed by atoms with Gasteiger partial charge in [0.25, 0.3) is 0 Å². The van der Waals surface area contributed by atoms with Crippen LogP contribution in [-0.4, -0.2) is 36.4 Å². The summed E-state index contributed by atoms with van der Waals surface area (Å²) in [6.45, 7) is 0. The smallest absolute Gasteiger partial charge is 0.478 e. The van der Waals surface area contributed by atoms with Crippen molar-refractivity contribution in [1.29, 1.82) is 0 Å². The summed E-state index contributed by atoms with van der Waals surface area (Å²) >= 11 is 0. The molecule has 1 aliphatic heterocycles. The van der Waals surface area contributed by atoms with E-state index in [0.717, 1.165) is 0 Å². The lowest BCUT2D eigenvalue weighted by molar-refractivity contribution is -0.196. The van der Waals surface area contributed by atoms with Crippen LogP contribution in [0, 0.1) is 34.9 Å². The number of carbonyl (C=O) groups is 2. The van der Waals surface area contributed by atoms with Crippen molar-refractivity contribution in [3.63, 3.8) is 0 Å². The molecular formula is C17H7F8NO5. The second-order valence-corrected chi connectivity index (χ2v) is 5.96. The molecule has 0 spiro atoms. The van der Waals surface area contributed by atoms with Gasteiger partial charge in [-0.1, -0.05) is 0 Å². The van der Waals surface area contributed by atoms with E-state index in [4.69, 9.17) is 5.11 Å². The van der Waals surface area contributed by atoms with Gasteiger partial charge in [0, 0.05) is 18.7 Å². The summed E-state index contributed by atoms with van der Waals surface area (Å²) < 4.78 is 119. The van der Waals surface area contributed by atoms with Gasteiger partial charge in [-0.05, 0) is 6.07 Å². The summed E-state index contributed by atoms with van der Waals surface area (Å²) in [5.41, 5.74) is -4.14. The highest BCUT2D eigenvalue weighted by atomic mass is 19.3. The van der Waals surface area contributed by atoms with Crippen molar-refractivity contribution in [3.8, 4) is 16.9 Å². The molecule has 0 fully saturated rings. The van der Waals surface area contributed by atoms with E-state index in [0.29, 0.717) is 7.11 Å². The number of halogens is 8. The summed E-state index contributed by atoms with van der Waals surface area (Å²) in [5.74, 6) is -19.6. The third kappa shape index (κ3) is 3.32. The number of ether oxygens (including phenoxy) is 2. The van der Waals surface area contributed by atoms with E-state index in [9.17, 15) is 44.7 Å². The topological polar surface area (TPSA) is 76.1 Å². The third-order valence-electron chi connectivity index (χ3n) is 4.16. The Morgan fingerprint density at radius 2 is 1.55 bits per heavy atom. The molecule has 2 aromatic rings. The molecule has 0 saturated heterocycles. The third-order valence-corrected chi connectivity index (χ3v) is 4.16. The second-order valence-electron chi connectivity index (χ2n) is 5.96. The van der Waals surface area contributed by atoms with Crippen molar-refractivity contribution in [2.24, 2.45) is 0 Å². The number of anilines is 1. The van der Waals surface area contributed by atoms with Gasteiger partial charge in [0.05, 0.1) is 11.3 Å². The first-order valence-corrected chi connectivity index (χ1v) is 7.84. The molecule has 0 saturated carbocycles. The van der Waals surface area contributed by atoms with Crippen LogP contribution in [0.1, 0.15) is 0 Å². The number of nitrogens with zero attached hydrogens (tertiary/aromatic N) is 1. The average Bonchev–Trinajstić information content (AvgIpc) is 2.69. The van der Waals surface area contributed by atoms with Crippen molar-refractivity contribution in [2.45, 2.75) is 12.3 Å².